The van der Waals surface area contributed by atoms with E-state index in [-0.39, 0.29) is 12.5 Å². The number of aryl methyl sites for hydroxylation is 1. The molecule has 0 saturated heterocycles. The normalized spacial score (nSPS) is 10.8. The maximum atomic E-state index is 12.2. The molecule has 1 N–H and O–H groups in total. The standard InChI is InChI=1S/C23H23NO6/c1-14(2)18-6-4-5-15(3)23(18)24-20(25)12-29-22(27)13-28-17-9-7-16-8-10-21(26)30-19(16)11-17/h4-11,14H,12-13H2,1-3H3,(H,24,25). The molecule has 156 valence electrons. The lowest BCUT2D eigenvalue weighted by atomic mass is 9.98. The van der Waals surface area contributed by atoms with Crippen molar-refractivity contribution < 1.29 is 23.5 Å². The molecule has 0 aliphatic rings. The van der Waals surface area contributed by atoms with Crippen molar-refractivity contribution in [3.05, 3.63) is 70.1 Å². The van der Waals surface area contributed by atoms with Gasteiger partial charge in [0.25, 0.3) is 5.91 Å². The van der Waals surface area contributed by atoms with E-state index in [1.807, 2.05) is 39.0 Å². The number of fused-ring (bicyclic) bond motifs is 1. The Kier molecular flexibility index (Phi) is 6.51. The van der Waals surface area contributed by atoms with Crippen LogP contribution in [0.2, 0.25) is 0 Å². The van der Waals surface area contributed by atoms with Crippen LogP contribution in [0.15, 0.2) is 57.7 Å². The number of esters is 1. The Morgan fingerprint density at radius 3 is 2.60 bits per heavy atom. The summed E-state index contributed by atoms with van der Waals surface area (Å²) in [4.78, 5) is 35.5. The van der Waals surface area contributed by atoms with E-state index in [1.54, 1.807) is 18.2 Å². The van der Waals surface area contributed by atoms with Crippen molar-refractivity contribution in [3.8, 4) is 5.75 Å². The average Bonchev–Trinajstić information content (AvgIpc) is 2.71. The van der Waals surface area contributed by atoms with E-state index in [2.05, 4.69) is 5.32 Å². The number of hydrogen-bond donors (Lipinski definition) is 1. The Labute approximate surface area is 173 Å². The van der Waals surface area contributed by atoms with Crippen LogP contribution >= 0.6 is 0 Å². The Hall–Kier alpha value is -3.61. The first kappa shape index (κ1) is 21.1. The van der Waals surface area contributed by atoms with Gasteiger partial charge < -0.3 is 19.2 Å². The predicted molar refractivity (Wildman–Crippen MR) is 113 cm³/mol. The summed E-state index contributed by atoms with van der Waals surface area (Å²) in [5.41, 5.74) is 2.57. The van der Waals surface area contributed by atoms with Crippen LogP contribution in [0.5, 0.6) is 5.75 Å². The van der Waals surface area contributed by atoms with Gasteiger partial charge in [-0.15, -0.1) is 0 Å². The molecule has 0 unspecified atom stereocenters. The fourth-order valence-corrected chi connectivity index (χ4v) is 2.98. The lowest BCUT2D eigenvalue weighted by Crippen LogP contribution is -2.24. The van der Waals surface area contributed by atoms with Crippen LogP contribution in [-0.2, 0) is 14.3 Å². The summed E-state index contributed by atoms with van der Waals surface area (Å²) in [6.07, 6.45) is 0. The zero-order valence-electron chi connectivity index (χ0n) is 17.1. The Balaban J connectivity index is 1.53. The van der Waals surface area contributed by atoms with Gasteiger partial charge in [-0.1, -0.05) is 32.0 Å². The number of carbonyl (C=O) groups is 2. The molecule has 2 aromatic carbocycles. The lowest BCUT2D eigenvalue weighted by molar-refractivity contribution is -0.149. The Morgan fingerprint density at radius 1 is 1.07 bits per heavy atom. The molecule has 3 aromatic rings. The molecule has 0 saturated carbocycles. The van der Waals surface area contributed by atoms with Gasteiger partial charge in [-0.2, -0.15) is 0 Å². The zero-order valence-corrected chi connectivity index (χ0v) is 17.1. The van der Waals surface area contributed by atoms with Gasteiger partial charge in [0.15, 0.2) is 13.2 Å². The molecular formula is C23H23NO6. The van der Waals surface area contributed by atoms with E-state index in [1.165, 1.54) is 12.1 Å². The number of rotatable bonds is 7. The number of nitrogens with one attached hydrogen (secondary N) is 1. The molecule has 7 nitrogen and oxygen atoms in total. The SMILES string of the molecule is Cc1cccc(C(C)C)c1NC(=O)COC(=O)COc1ccc2ccc(=O)oc2c1. The van der Waals surface area contributed by atoms with Crippen LogP contribution in [0, 0.1) is 6.92 Å². The zero-order chi connectivity index (χ0) is 21.7. The number of hydrogen-bond acceptors (Lipinski definition) is 6. The highest BCUT2D eigenvalue weighted by Gasteiger charge is 2.14. The van der Waals surface area contributed by atoms with E-state index >= 15 is 0 Å². The molecule has 1 aromatic heterocycles. The summed E-state index contributed by atoms with van der Waals surface area (Å²) in [7, 11) is 0. The smallest absolute Gasteiger partial charge is 0.344 e. The van der Waals surface area contributed by atoms with E-state index in [9.17, 15) is 14.4 Å². The molecule has 1 heterocycles. The summed E-state index contributed by atoms with van der Waals surface area (Å²) in [6.45, 7) is 5.20. The Bertz CT molecular complexity index is 1130. The third kappa shape index (κ3) is 5.26. The number of ether oxygens (including phenoxy) is 2. The number of benzene rings is 2. The van der Waals surface area contributed by atoms with Crippen molar-refractivity contribution in [2.45, 2.75) is 26.7 Å². The molecule has 0 radical (unpaired) electrons. The highest BCUT2D eigenvalue weighted by Crippen LogP contribution is 2.27. The fraction of sp³-hybridized carbons (Fsp3) is 0.261. The first-order chi connectivity index (χ1) is 14.3. The second-order valence-corrected chi connectivity index (χ2v) is 7.15. The van der Waals surface area contributed by atoms with E-state index < -0.39 is 24.1 Å². The minimum absolute atomic E-state index is 0.238. The summed E-state index contributed by atoms with van der Waals surface area (Å²) in [6, 6.07) is 13.6. The van der Waals surface area contributed by atoms with Crippen LogP contribution in [0.4, 0.5) is 5.69 Å². The lowest BCUT2D eigenvalue weighted by Gasteiger charge is -2.16. The molecule has 0 aliphatic carbocycles. The highest BCUT2D eigenvalue weighted by molar-refractivity contribution is 5.94. The van der Waals surface area contributed by atoms with Crippen LogP contribution in [0.25, 0.3) is 11.0 Å². The monoisotopic (exact) mass is 409 g/mol. The summed E-state index contributed by atoms with van der Waals surface area (Å²) >= 11 is 0. The summed E-state index contributed by atoms with van der Waals surface area (Å²) in [5, 5.41) is 3.55. The molecule has 1 amide bonds. The molecule has 0 bridgehead atoms. The largest absolute Gasteiger partial charge is 0.482 e. The minimum atomic E-state index is -0.686. The van der Waals surface area contributed by atoms with E-state index in [0.717, 1.165) is 22.2 Å². The van der Waals surface area contributed by atoms with Gasteiger partial charge in [0.05, 0.1) is 0 Å². The van der Waals surface area contributed by atoms with Gasteiger partial charge in [-0.05, 0) is 42.2 Å². The molecule has 0 spiro atoms. The molecule has 30 heavy (non-hydrogen) atoms. The van der Waals surface area contributed by atoms with Crippen molar-refractivity contribution in [1.82, 2.24) is 0 Å². The quantitative estimate of drug-likeness (QED) is 0.471. The first-order valence-corrected chi connectivity index (χ1v) is 9.55. The first-order valence-electron chi connectivity index (χ1n) is 9.55. The molecule has 7 heteroatoms. The third-order valence-corrected chi connectivity index (χ3v) is 4.51. The van der Waals surface area contributed by atoms with Gasteiger partial charge in [-0.25, -0.2) is 9.59 Å². The van der Waals surface area contributed by atoms with Crippen molar-refractivity contribution in [3.63, 3.8) is 0 Å². The van der Waals surface area contributed by atoms with Crippen molar-refractivity contribution in [2.75, 3.05) is 18.5 Å². The minimum Gasteiger partial charge on any atom is -0.482 e. The fourth-order valence-electron chi connectivity index (χ4n) is 2.98. The highest BCUT2D eigenvalue weighted by atomic mass is 16.6. The van der Waals surface area contributed by atoms with Crippen LogP contribution in [0.3, 0.4) is 0 Å². The second kappa shape index (κ2) is 9.26. The van der Waals surface area contributed by atoms with Gasteiger partial charge in [0.2, 0.25) is 0 Å². The number of anilines is 1. The van der Waals surface area contributed by atoms with Crippen molar-refractivity contribution in [2.24, 2.45) is 0 Å². The van der Waals surface area contributed by atoms with E-state index in [4.69, 9.17) is 13.9 Å². The van der Waals surface area contributed by atoms with Gasteiger partial charge in [-0.3, -0.25) is 4.79 Å². The average molecular weight is 409 g/mol. The number of amides is 1. The van der Waals surface area contributed by atoms with Gasteiger partial charge >= 0.3 is 11.6 Å². The maximum Gasteiger partial charge on any atom is 0.344 e. The van der Waals surface area contributed by atoms with Crippen molar-refractivity contribution in [1.29, 1.82) is 0 Å². The van der Waals surface area contributed by atoms with Crippen LogP contribution in [0.1, 0.15) is 30.9 Å². The maximum absolute atomic E-state index is 12.2. The second-order valence-electron chi connectivity index (χ2n) is 7.15. The molecule has 0 fully saturated rings. The summed E-state index contributed by atoms with van der Waals surface area (Å²) in [5.74, 6) is -0.525. The number of para-hydroxylation sites is 1. The van der Waals surface area contributed by atoms with E-state index in [0.29, 0.717) is 11.3 Å². The molecule has 3 rings (SSSR count). The van der Waals surface area contributed by atoms with Crippen LogP contribution < -0.4 is 15.7 Å². The molecule has 0 atom stereocenters. The molecular weight excluding hydrogens is 386 g/mol. The topological polar surface area (TPSA) is 94.8 Å². The third-order valence-electron chi connectivity index (χ3n) is 4.51. The molecule has 0 aliphatic heterocycles. The Morgan fingerprint density at radius 2 is 1.83 bits per heavy atom. The van der Waals surface area contributed by atoms with Crippen molar-refractivity contribution >= 4 is 28.5 Å². The van der Waals surface area contributed by atoms with Crippen LogP contribution in [-0.4, -0.2) is 25.1 Å². The van der Waals surface area contributed by atoms with Gasteiger partial charge in [0, 0.05) is 23.2 Å². The number of carbonyl (C=O) groups excluding carboxylic acids is 2. The summed E-state index contributed by atoms with van der Waals surface area (Å²) < 4.78 is 15.4. The predicted octanol–water partition coefficient (Wildman–Crippen LogP) is 3.79. The van der Waals surface area contributed by atoms with Gasteiger partial charge in [0.1, 0.15) is 11.3 Å².